The molecule has 0 bridgehead atoms. The van der Waals surface area contributed by atoms with Crippen LogP contribution in [0.25, 0.3) is 16.9 Å². The highest BCUT2D eigenvalue weighted by Gasteiger charge is 2.22. The summed E-state index contributed by atoms with van der Waals surface area (Å²) in [5, 5.41) is 4.70. The molecule has 4 nitrogen and oxygen atoms in total. The minimum absolute atomic E-state index is 0.0756. The first-order chi connectivity index (χ1) is 11.7. The fraction of sp³-hybridized carbons (Fsp3) is 0.263. The molecular weight excluding hydrogens is 320 g/mol. The maximum absolute atomic E-state index is 12.5. The summed E-state index contributed by atoms with van der Waals surface area (Å²) in [4.78, 5) is 15.0. The van der Waals surface area contributed by atoms with Crippen molar-refractivity contribution in [1.82, 2.24) is 9.78 Å². The van der Waals surface area contributed by atoms with Gasteiger partial charge in [0.25, 0.3) is 5.56 Å². The maximum atomic E-state index is 12.5. The molecule has 4 rings (SSSR count). The third-order valence-electron chi connectivity index (χ3n) is 4.31. The van der Waals surface area contributed by atoms with Gasteiger partial charge < -0.3 is 4.74 Å². The van der Waals surface area contributed by atoms with Crippen molar-refractivity contribution in [2.45, 2.75) is 26.4 Å². The lowest BCUT2D eigenvalue weighted by molar-refractivity contribution is 0.187. The van der Waals surface area contributed by atoms with Crippen molar-refractivity contribution in [3.8, 4) is 16.9 Å². The Morgan fingerprint density at radius 1 is 1.21 bits per heavy atom. The predicted octanol–water partition coefficient (Wildman–Crippen LogP) is 3.51. The van der Waals surface area contributed by atoms with Gasteiger partial charge in [-0.1, -0.05) is 17.7 Å². The second-order valence-corrected chi connectivity index (χ2v) is 7.31. The molecule has 0 spiro atoms. The molecule has 24 heavy (non-hydrogen) atoms. The van der Waals surface area contributed by atoms with Gasteiger partial charge >= 0.3 is 0 Å². The monoisotopic (exact) mass is 338 g/mol. The van der Waals surface area contributed by atoms with E-state index in [0.717, 1.165) is 40.9 Å². The number of aryl methyl sites for hydroxylation is 3. The summed E-state index contributed by atoms with van der Waals surface area (Å²) in [5.41, 5.74) is 5.00. The van der Waals surface area contributed by atoms with Gasteiger partial charge in [0.15, 0.2) is 0 Å². The first-order valence-electron chi connectivity index (χ1n) is 7.97. The number of benzene rings is 1. The predicted molar refractivity (Wildman–Crippen MR) is 96.0 cm³/mol. The zero-order valence-corrected chi connectivity index (χ0v) is 14.5. The summed E-state index contributed by atoms with van der Waals surface area (Å²) >= 11 is 1.78. The maximum Gasteiger partial charge on any atom is 0.271 e. The highest BCUT2D eigenvalue weighted by Crippen LogP contribution is 2.37. The van der Waals surface area contributed by atoms with Crippen LogP contribution in [0.5, 0.6) is 0 Å². The summed E-state index contributed by atoms with van der Waals surface area (Å²) in [5.74, 6) is 0. The Morgan fingerprint density at radius 3 is 2.75 bits per heavy atom. The minimum Gasteiger partial charge on any atom is -0.379 e. The van der Waals surface area contributed by atoms with Gasteiger partial charge in [-0.3, -0.25) is 4.79 Å². The van der Waals surface area contributed by atoms with E-state index in [0.29, 0.717) is 6.61 Å². The van der Waals surface area contributed by atoms with Crippen LogP contribution in [-0.4, -0.2) is 16.9 Å². The Labute approximate surface area is 144 Å². The van der Waals surface area contributed by atoms with Crippen molar-refractivity contribution >= 4 is 11.3 Å². The third-order valence-corrected chi connectivity index (χ3v) is 5.48. The van der Waals surface area contributed by atoms with Gasteiger partial charge in [0.05, 0.1) is 18.0 Å². The molecule has 3 aromatic rings. The number of fused-ring (bicyclic) bond motifs is 3. The largest absolute Gasteiger partial charge is 0.379 e. The normalized spacial score (nSPS) is 12.8. The van der Waals surface area contributed by atoms with E-state index in [9.17, 15) is 4.79 Å². The molecule has 5 heteroatoms. The molecule has 0 N–H and O–H groups in total. The van der Waals surface area contributed by atoms with Gasteiger partial charge in [-0.15, -0.1) is 11.3 Å². The van der Waals surface area contributed by atoms with E-state index in [1.807, 2.05) is 31.2 Å². The molecular formula is C19H18N2O2S. The fourth-order valence-corrected chi connectivity index (χ4v) is 4.25. The average molecular weight is 338 g/mol. The molecule has 0 saturated carbocycles. The molecule has 1 aliphatic carbocycles. The quantitative estimate of drug-likeness (QED) is 0.734. The standard InChI is InChI=1S/C19H18N2O2S/c1-12-3-6-14(7-4-12)21-18(22)9-13-5-8-17-16(19(13)20-21)10-15(24-17)11-23-2/h3-4,6-7,9-10H,5,8,11H2,1-2H3. The summed E-state index contributed by atoms with van der Waals surface area (Å²) in [6.45, 7) is 2.65. The number of ether oxygens (including phenoxy) is 1. The highest BCUT2D eigenvalue weighted by atomic mass is 32.1. The van der Waals surface area contributed by atoms with Crippen LogP contribution in [0.2, 0.25) is 0 Å². The zero-order valence-electron chi connectivity index (χ0n) is 13.7. The Bertz CT molecular complexity index is 954. The summed E-state index contributed by atoms with van der Waals surface area (Å²) in [7, 11) is 1.71. The van der Waals surface area contributed by atoms with E-state index in [1.165, 1.54) is 14.4 Å². The number of aromatic nitrogens is 2. The smallest absolute Gasteiger partial charge is 0.271 e. The van der Waals surface area contributed by atoms with Crippen molar-refractivity contribution in [2.75, 3.05) is 7.11 Å². The molecule has 0 saturated heterocycles. The lowest BCUT2D eigenvalue weighted by atomic mass is 9.95. The molecule has 0 aliphatic heterocycles. The van der Waals surface area contributed by atoms with E-state index >= 15 is 0 Å². The third kappa shape index (κ3) is 2.60. The van der Waals surface area contributed by atoms with Crippen LogP contribution < -0.4 is 5.56 Å². The van der Waals surface area contributed by atoms with Crippen molar-refractivity contribution in [1.29, 1.82) is 0 Å². The van der Waals surface area contributed by atoms with Gasteiger partial charge in [0, 0.05) is 28.5 Å². The molecule has 122 valence electrons. The lowest BCUT2D eigenvalue weighted by Gasteiger charge is -2.16. The highest BCUT2D eigenvalue weighted by molar-refractivity contribution is 7.12. The van der Waals surface area contributed by atoms with Crippen molar-refractivity contribution in [3.63, 3.8) is 0 Å². The summed E-state index contributed by atoms with van der Waals surface area (Å²) in [6, 6.07) is 11.7. The number of rotatable bonds is 3. The number of thiophene rings is 1. The van der Waals surface area contributed by atoms with Crippen LogP contribution in [0.4, 0.5) is 0 Å². The number of methoxy groups -OCH3 is 1. The Balaban J connectivity index is 1.86. The van der Waals surface area contributed by atoms with Crippen LogP contribution in [0.3, 0.4) is 0 Å². The molecule has 0 fully saturated rings. The van der Waals surface area contributed by atoms with Crippen LogP contribution in [0.1, 0.15) is 20.9 Å². The van der Waals surface area contributed by atoms with E-state index < -0.39 is 0 Å². The first kappa shape index (κ1) is 15.3. The van der Waals surface area contributed by atoms with Gasteiger partial charge in [0.2, 0.25) is 0 Å². The van der Waals surface area contributed by atoms with E-state index in [-0.39, 0.29) is 5.56 Å². The van der Waals surface area contributed by atoms with Gasteiger partial charge in [0.1, 0.15) is 0 Å². The van der Waals surface area contributed by atoms with Crippen LogP contribution in [0.15, 0.2) is 41.2 Å². The topological polar surface area (TPSA) is 44.1 Å². The van der Waals surface area contributed by atoms with Gasteiger partial charge in [-0.05, 0) is 43.5 Å². The molecule has 2 aromatic heterocycles. The van der Waals surface area contributed by atoms with Crippen molar-refractivity contribution in [3.05, 3.63) is 67.6 Å². The molecule has 1 aliphatic rings. The molecule has 0 atom stereocenters. The fourth-order valence-electron chi connectivity index (χ4n) is 3.11. The SMILES string of the molecule is COCc1cc2c(s1)CCc1cc(=O)n(-c3ccc(C)cc3)nc1-2. The second kappa shape index (κ2) is 6.00. The van der Waals surface area contributed by atoms with E-state index in [1.54, 1.807) is 24.5 Å². The van der Waals surface area contributed by atoms with Crippen LogP contribution in [-0.2, 0) is 24.2 Å². The molecule has 0 unspecified atom stereocenters. The summed E-state index contributed by atoms with van der Waals surface area (Å²) < 4.78 is 6.75. The van der Waals surface area contributed by atoms with Crippen molar-refractivity contribution < 1.29 is 4.74 Å². The van der Waals surface area contributed by atoms with Crippen LogP contribution >= 0.6 is 11.3 Å². The number of nitrogens with zero attached hydrogens (tertiary/aromatic N) is 2. The lowest BCUT2D eigenvalue weighted by Crippen LogP contribution is -2.23. The summed E-state index contributed by atoms with van der Waals surface area (Å²) in [6.07, 6.45) is 1.83. The van der Waals surface area contributed by atoms with Crippen LogP contribution in [0, 0.1) is 6.92 Å². The number of hydrogen-bond donors (Lipinski definition) is 0. The molecule has 0 amide bonds. The first-order valence-corrected chi connectivity index (χ1v) is 8.78. The Kier molecular flexibility index (Phi) is 3.82. The van der Waals surface area contributed by atoms with E-state index in [4.69, 9.17) is 9.84 Å². The zero-order chi connectivity index (χ0) is 16.7. The molecule has 0 radical (unpaired) electrons. The average Bonchev–Trinajstić information content (AvgIpc) is 2.98. The van der Waals surface area contributed by atoms with Gasteiger partial charge in [-0.25, -0.2) is 0 Å². The Morgan fingerprint density at radius 2 is 2.00 bits per heavy atom. The second-order valence-electron chi connectivity index (χ2n) is 6.09. The van der Waals surface area contributed by atoms with Gasteiger partial charge in [-0.2, -0.15) is 9.78 Å². The number of hydrogen-bond acceptors (Lipinski definition) is 4. The van der Waals surface area contributed by atoms with Crippen molar-refractivity contribution in [2.24, 2.45) is 0 Å². The molecule has 1 aromatic carbocycles. The minimum atomic E-state index is -0.0756. The van der Waals surface area contributed by atoms with E-state index in [2.05, 4.69) is 6.07 Å². The Hall–Kier alpha value is -2.24. The molecule has 2 heterocycles.